The molecule has 3 heterocycles. The SMILES string of the molecule is CC(C)c1nccn1CCCNC(=O)C1=NOC(c2ccco2)C1. The molecule has 1 aliphatic heterocycles. The molecule has 1 N–H and O–H groups in total. The lowest BCUT2D eigenvalue weighted by Gasteiger charge is -2.10. The van der Waals surface area contributed by atoms with E-state index in [9.17, 15) is 4.79 Å². The van der Waals surface area contributed by atoms with Crippen LogP contribution in [-0.4, -0.2) is 27.7 Å². The molecule has 1 aliphatic rings. The van der Waals surface area contributed by atoms with E-state index in [-0.39, 0.29) is 12.0 Å². The van der Waals surface area contributed by atoms with Gasteiger partial charge < -0.3 is 19.1 Å². The van der Waals surface area contributed by atoms with Gasteiger partial charge in [0, 0.05) is 37.8 Å². The van der Waals surface area contributed by atoms with E-state index < -0.39 is 0 Å². The number of nitrogens with zero attached hydrogens (tertiary/aromatic N) is 3. The van der Waals surface area contributed by atoms with Gasteiger partial charge in [-0.2, -0.15) is 0 Å². The summed E-state index contributed by atoms with van der Waals surface area (Å²) >= 11 is 0. The lowest BCUT2D eigenvalue weighted by atomic mass is 10.1. The fraction of sp³-hybridized carbons (Fsp3) is 0.471. The fourth-order valence-electron chi connectivity index (χ4n) is 2.70. The number of rotatable bonds is 7. The highest BCUT2D eigenvalue weighted by atomic mass is 16.6. The standard InChI is InChI=1S/C17H22N4O3/c1-12(2)16-18-7-9-21(16)8-4-6-19-17(22)13-11-15(24-20-13)14-5-3-10-23-14/h3,5,7,9-10,12,15H,4,6,8,11H2,1-2H3,(H,19,22). The number of carbonyl (C=O) groups is 1. The number of carbonyl (C=O) groups excluding carboxylic acids is 1. The van der Waals surface area contributed by atoms with Gasteiger partial charge in [0.1, 0.15) is 17.3 Å². The number of hydrogen-bond acceptors (Lipinski definition) is 5. The van der Waals surface area contributed by atoms with E-state index in [2.05, 4.69) is 33.9 Å². The van der Waals surface area contributed by atoms with E-state index in [1.807, 2.05) is 18.5 Å². The molecule has 2 aromatic heterocycles. The number of hydrogen-bond donors (Lipinski definition) is 1. The van der Waals surface area contributed by atoms with Crippen LogP contribution >= 0.6 is 0 Å². The lowest BCUT2D eigenvalue weighted by molar-refractivity contribution is -0.114. The maximum atomic E-state index is 12.1. The topological polar surface area (TPSA) is 81.7 Å². The molecule has 0 aromatic carbocycles. The molecule has 1 unspecified atom stereocenters. The van der Waals surface area contributed by atoms with Crippen molar-refractivity contribution in [1.82, 2.24) is 14.9 Å². The van der Waals surface area contributed by atoms with Gasteiger partial charge in [0.15, 0.2) is 6.10 Å². The van der Waals surface area contributed by atoms with E-state index in [1.165, 1.54) is 0 Å². The van der Waals surface area contributed by atoms with Crippen molar-refractivity contribution in [3.05, 3.63) is 42.4 Å². The largest absolute Gasteiger partial charge is 0.465 e. The van der Waals surface area contributed by atoms with Crippen LogP contribution in [0.2, 0.25) is 0 Å². The van der Waals surface area contributed by atoms with Crippen molar-refractivity contribution in [3.8, 4) is 0 Å². The maximum Gasteiger partial charge on any atom is 0.269 e. The summed E-state index contributed by atoms with van der Waals surface area (Å²) in [4.78, 5) is 21.7. The van der Waals surface area contributed by atoms with Gasteiger partial charge in [-0.15, -0.1) is 0 Å². The van der Waals surface area contributed by atoms with Crippen LogP contribution < -0.4 is 5.32 Å². The maximum absolute atomic E-state index is 12.1. The van der Waals surface area contributed by atoms with E-state index in [1.54, 1.807) is 12.3 Å². The number of aromatic nitrogens is 2. The van der Waals surface area contributed by atoms with Crippen molar-refractivity contribution in [1.29, 1.82) is 0 Å². The molecule has 128 valence electrons. The Morgan fingerprint density at radius 3 is 3.12 bits per heavy atom. The van der Waals surface area contributed by atoms with E-state index in [4.69, 9.17) is 9.25 Å². The summed E-state index contributed by atoms with van der Waals surface area (Å²) < 4.78 is 7.40. The highest BCUT2D eigenvalue weighted by molar-refractivity contribution is 6.39. The Bertz CT molecular complexity index is 703. The molecule has 0 bridgehead atoms. The van der Waals surface area contributed by atoms with E-state index in [0.717, 1.165) is 18.8 Å². The predicted octanol–water partition coefficient (Wildman–Crippen LogP) is 2.62. The number of nitrogens with one attached hydrogen (secondary N) is 1. The molecular weight excluding hydrogens is 308 g/mol. The van der Waals surface area contributed by atoms with Crippen LogP contribution in [0, 0.1) is 0 Å². The van der Waals surface area contributed by atoms with Gasteiger partial charge in [-0.3, -0.25) is 4.79 Å². The zero-order chi connectivity index (χ0) is 16.9. The van der Waals surface area contributed by atoms with Gasteiger partial charge >= 0.3 is 0 Å². The molecule has 7 nitrogen and oxygen atoms in total. The first-order chi connectivity index (χ1) is 11.6. The molecule has 0 saturated carbocycles. The summed E-state index contributed by atoms with van der Waals surface area (Å²) in [5.74, 6) is 1.95. The van der Waals surface area contributed by atoms with Gasteiger partial charge in [0.25, 0.3) is 5.91 Å². The van der Waals surface area contributed by atoms with Crippen molar-refractivity contribution in [2.75, 3.05) is 6.54 Å². The fourth-order valence-corrected chi connectivity index (χ4v) is 2.70. The van der Waals surface area contributed by atoms with Crippen molar-refractivity contribution in [2.45, 2.75) is 45.3 Å². The molecule has 2 aromatic rings. The molecular formula is C17H22N4O3. The van der Waals surface area contributed by atoms with Gasteiger partial charge in [-0.1, -0.05) is 19.0 Å². The van der Waals surface area contributed by atoms with E-state index >= 15 is 0 Å². The van der Waals surface area contributed by atoms with Gasteiger partial charge in [-0.25, -0.2) is 4.98 Å². The van der Waals surface area contributed by atoms with Crippen LogP contribution in [0.15, 0.2) is 40.4 Å². The van der Waals surface area contributed by atoms with Crippen molar-refractivity contribution in [3.63, 3.8) is 0 Å². The first kappa shape index (κ1) is 16.3. The summed E-state index contributed by atoms with van der Waals surface area (Å²) in [7, 11) is 0. The van der Waals surface area contributed by atoms with Crippen molar-refractivity contribution >= 4 is 11.6 Å². The Morgan fingerprint density at radius 1 is 1.50 bits per heavy atom. The van der Waals surface area contributed by atoms with Crippen LogP contribution in [0.1, 0.15) is 50.3 Å². The second kappa shape index (κ2) is 7.33. The number of furan rings is 1. The number of oxime groups is 1. The van der Waals surface area contributed by atoms with E-state index in [0.29, 0.717) is 30.4 Å². The van der Waals surface area contributed by atoms with Gasteiger partial charge in [0.2, 0.25) is 0 Å². The zero-order valence-corrected chi connectivity index (χ0v) is 13.9. The molecule has 3 rings (SSSR count). The minimum absolute atomic E-state index is 0.182. The zero-order valence-electron chi connectivity index (χ0n) is 13.9. The van der Waals surface area contributed by atoms with Crippen LogP contribution in [-0.2, 0) is 16.2 Å². The normalized spacial score (nSPS) is 17.0. The highest BCUT2D eigenvalue weighted by Crippen LogP contribution is 2.27. The Balaban J connectivity index is 1.41. The van der Waals surface area contributed by atoms with Crippen LogP contribution in [0.25, 0.3) is 0 Å². The molecule has 0 radical (unpaired) electrons. The van der Waals surface area contributed by atoms with Gasteiger partial charge in [-0.05, 0) is 18.6 Å². The quantitative estimate of drug-likeness (QED) is 0.791. The Hall–Kier alpha value is -2.57. The predicted molar refractivity (Wildman–Crippen MR) is 88.5 cm³/mol. The summed E-state index contributed by atoms with van der Waals surface area (Å²) in [5.41, 5.74) is 0.405. The number of amides is 1. The molecule has 0 fully saturated rings. The molecule has 1 amide bonds. The summed E-state index contributed by atoms with van der Waals surface area (Å²) in [6, 6.07) is 3.61. The Morgan fingerprint density at radius 2 is 2.38 bits per heavy atom. The molecule has 7 heteroatoms. The van der Waals surface area contributed by atoms with Crippen molar-refractivity contribution < 1.29 is 14.0 Å². The second-order valence-electron chi connectivity index (χ2n) is 6.09. The number of aryl methyl sites for hydroxylation is 1. The molecule has 0 spiro atoms. The van der Waals surface area contributed by atoms with Crippen LogP contribution in [0.4, 0.5) is 0 Å². The smallest absolute Gasteiger partial charge is 0.269 e. The summed E-state index contributed by atoms with van der Waals surface area (Å²) in [6.07, 6.45) is 6.32. The minimum Gasteiger partial charge on any atom is -0.465 e. The third-order valence-electron chi connectivity index (χ3n) is 3.92. The summed E-state index contributed by atoms with van der Waals surface area (Å²) in [6.45, 7) is 5.65. The van der Waals surface area contributed by atoms with Crippen LogP contribution in [0.5, 0.6) is 0 Å². The number of imidazole rings is 1. The monoisotopic (exact) mass is 330 g/mol. The molecule has 24 heavy (non-hydrogen) atoms. The third kappa shape index (κ3) is 3.67. The van der Waals surface area contributed by atoms with Gasteiger partial charge in [0.05, 0.1) is 6.26 Å². The first-order valence-corrected chi connectivity index (χ1v) is 8.20. The summed E-state index contributed by atoms with van der Waals surface area (Å²) in [5, 5.41) is 6.76. The van der Waals surface area contributed by atoms with Crippen LogP contribution in [0.3, 0.4) is 0 Å². The van der Waals surface area contributed by atoms with Crippen molar-refractivity contribution in [2.24, 2.45) is 5.16 Å². The second-order valence-corrected chi connectivity index (χ2v) is 6.09. The highest BCUT2D eigenvalue weighted by Gasteiger charge is 2.28. The minimum atomic E-state index is -0.305. The third-order valence-corrected chi connectivity index (χ3v) is 3.92. The average Bonchev–Trinajstić information content (AvgIpc) is 3.31. The first-order valence-electron chi connectivity index (χ1n) is 8.20. The average molecular weight is 330 g/mol. The Labute approximate surface area is 140 Å². The molecule has 0 aliphatic carbocycles. The Kier molecular flexibility index (Phi) is 4.98. The molecule has 1 atom stereocenters. The molecule has 0 saturated heterocycles. The lowest BCUT2D eigenvalue weighted by Crippen LogP contribution is -2.31.